The minimum Gasteiger partial charge on any atom is -0.508 e. The summed E-state index contributed by atoms with van der Waals surface area (Å²) in [5.41, 5.74) is -0.150. The SMILES string of the molecule is CC1(C)CCCC2(C)C1CCC1(C)c3c(O)cc(C(=O)O)cc3S(=O)(=O)CC12. The molecule has 0 aromatic heterocycles. The highest BCUT2D eigenvalue weighted by Gasteiger charge is 2.62. The molecule has 2 N–H and O–H groups in total. The topological polar surface area (TPSA) is 91.7 Å². The third-order valence-corrected chi connectivity index (χ3v) is 10.2. The second-order valence-electron chi connectivity index (χ2n) is 10.4. The Morgan fingerprint density at radius 1 is 1.07 bits per heavy atom. The van der Waals surface area contributed by atoms with Gasteiger partial charge < -0.3 is 10.2 Å². The second-order valence-corrected chi connectivity index (χ2v) is 12.4. The van der Waals surface area contributed by atoms with Crippen molar-refractivity contribution in [1.29, 1.82) is 0 Å². The van der Waals surface area contributed by atoms with E-state index in [1.54, 1.807) is 0 Å². The van der Waals surface area contributed by atoms with E-state index in [9.17, 15) is 23.4 Å². The van der Waals surface area contributed by atoms with Crippen LogP contribution in [0.1, 0.15) is 75.7 Å². The van der Waals surface area contributed by atoms with Gasteiger partial charge in [0.05, 0.1) is 16.2 Å². The summed E-state index contributed by atoms with van der Waals surface area (Å²) < 4.78 is 26.5. The van der Waals surface area contributed by atoms with Crippen LogP contribution in [0.4, 0.5) is 0 Å². The molecule has 0 saturated heterocycles. The first-order valence-electron chi connectivity index (χ1n) is 10.2. The van der Waals surface area contributed by atoms with Crippen LogP contribution in [-0.4, -0.2) is 30.4 Å². The zero-order valence-electron chi connectivity index (χ0n) is 17.1. The van der Waals surface area contributed by atoms with Gasteiger partial charge >= 0.3 is 5.97 Å². The fourth-order valence-corrected chi connectivity index (χ4v) is 9.50. The number of phenols is 1. The summed E-state index contributed by atoms with van der Waals surface area (Å²) in [7, 11) is -3.68. The normalized spacial score (nSPS) is 38.0. The number of carbonyl (C=O) groups is 1. The van der Waals surface area contributed by atoms with E-state index in [0.717, 1.165) is 32.1 Å². The highest BCUT2D eigenvalue weighted by atomic mass is 32.2. The lowest BCUT2D eigenvalue weighted by Crippen LogP contribution is -2.59. The molecule has 1 aromatic rings. The van der Waals surface area contributed by atoms with Gasteiger partial charge in [-0.15, -0.1) is 0 Å². The van der Waals surface area contributed by atoms with Gasteiger partial charge in [0.2, 0.25) is 0 Å². The van der Waals surface area contributed by atoms with Crippen molar-refractivity contribution in [1.82, 2.24) is 0 Å². The Bertz CT molecular complexity index is 963. The minimum absolute atomic E-state index is 0.0146. The third kappa shape index (κ3) is 2.49. The predicted octanol–water partition coefficient (Wildman–Crippen LogP) is 4.38. The molecule has 6 heteroatoms. The van der Waals surface area contributed by atoms with E-state index in [4.69, 9.17) is 0 Å². The Balaban J connectivity index is 1.95. The van der Waals surface area contributed by atoms with E-state index >= 15 is 0 Å². The minimum atomic E-state index is -3.68. The molecule has 3 aliphatic rings. The van der Waals surface area contributed by atoms with Gasteiger partial charge in [0.1, 0.15) is 5.75 Å². The van der Waals surface area contributed by atoms with E-state index in [1.807, 2.05) is 0 Å². The monoisotopic (exact) mass is 406 g/mol. The Kier molecular flexibility index (Phi) is 4.05. The van der Waals surface area contributed by atoms with Crippen LogP contribution in [0.2, 0.25) is 0 Å². The van der Waals surface area contributed by atoms with Crippen molar-refractivity contribution in [3.8, 4) is 5.75 Å². The zero-order chi connectivity index (χ0) is 20.7. The number of aromatic carboxylic acids is 1. The number of fused-ring (bicyclic) bond motifs is 5. The number of hydrogen-bond donors (Lipinski definition) is 2. The summed E-state index contributed by atoms with van der Waals surface area (Å²) in [6, 6.07) is 2.46. The maximum absolute atomic E-state index is 13.3. The zero-order valence-corrected chi connectivity index (χ0v) is 17.9. The number of aromatic hydroxyl groups is 1. The van der Waals surface area contributed by atoms with Gasteiger partial charge in [-0.1, -0.05) is 34.1 Å². The highest BCUT2D eigenvalue weighted by Crippen LogP contribution is 2.67. The van der Waals surface area contributed by atoms with Gasteiger partial charge in [-0.05, 0) is 60.5 Å². The van der Waals surface area contributed by atoms with Gasteiger partial charge in [0.15, 0.2) is 9.84 Å². The van der Waals surface area contributed by atoms with Crippen LogP contribution < -0.4 is 0 Å². The van der Waals surface area contributed by atoms with Crippen molar-refractivity contribution in [3.05, 3.63) is 23.3 Å². The predicted molar refractivity (Wildman–Crippen MR) is 106 cm³/mol. The lowest BCUT2D eigenvalue weighted by molar-refractivity contribution is -0.0984. The van der Waals surface area contributed by atoms with E-state index in [2.05, 4.69) is 27.7 Å². The largest absolute Gasteiger partial charge is 0.508 e. The van der Waals surface area contributed by atoms with Gasteiger partial charge in [-0.3, -0.25) is 0 Å². The Morgan fingerprint density at radius 3 is 2.39 bits per heavy atom. The smallest absolute Gasteiger partial charge is 0.335 e. The molecule has 1 aliphatic heterocycles. The summed E-state index contributed by atoms with van der Waals surface area (Å²) in [6.07, 6.45) is 5.05. The second kappa shape index (κ2) is 5.74. The lowest BCUT2D eigenvalue weighted by Gasteiger charge is -2.63. The lowest BCUT2D eigenvalue weighted by atomic mass is 9.43. The Labute approximate surface area is 167 Å². The molecule has 0 radical (unpaired) electrons. The standard InChI is InChI=1S/C22H30O5S/c1-20(2)7-5-8-21(3)16(20)6-9-22(4)17(21)12-28(26,27)15-11-13(19(24)25)10-14(23)18(15)22/h10-11,16-17,23H,5-9,12H2,1-4H3,(H,24,25). The average Bonchev–Trinajstić information content (AvgIpc) is 2.56. The molecule has 4 rings (SSSR count). The van der Waals surface area contributed by atoms with Crippen molar-refractivity contribution in [2.75, 3.05) is 5.75 Å². The molecule has 28 heavy (non-hydrogen) atoms. The number of benzene rings is 1. The summed E-state index contributed by atoms with van der Waals surface area (Å²) in [5.74, 6) is -1.03. The van der Waals surface area contributed by atoms with Crippen LogP contribution in [0, 0.1) is 22.7 Å². The number of hydrogen-bond acceptors (Lipinski definition) is 4. The first kappa shape index (κ1) is 19.7. The molecule has 0 bridgehead atoms. The molecule has 0 spiro atoms. The molecule has 0 amide bonds. The molecule has 1 aromatic carbocycles. The third-order valence-electron chi connectivity index (χ3n) is 8.41. The molecule has 154 valence electrons. The molecular formula is C22H30O5S. The van der Waals surface area contributed by atoms with Crippen LogP contribution in [-0.2, 0) is 15.3 Å². The molecule has 2 fully saturated rings. The number of carboxylic acids is 1. The highest BCUT2D eigenvalue weighted by molar-refractivity contribution is 7.91. The van der Waals surface area contributed by atoms with Crippen LogP contribution in [0.15, 0.2) is 17.0 Å². The molecule has 2 saturated carbocycles. The Hall–Kier alpha value is -1.56. The first-order chi connectivity index (χ1) is 12.8. The fraction of sp³-hybridized carbons (Fsp3) is 0.682. The van der Waals surface area contributed by atoms with Crippen LogP contribution >= 0.6 is 0 Å². The van der Waals surface area contributed by atoms with E-state index in [0.29, 0.717) is 11.5 Å². The van der Waals surface area contributed by atoms with Gasteiger partial charge in [-0.2, -0.15) is 0 Å². The first-order valence-corrected chi connectivity index (χ1v) is 11.8. The van der Waals surface area contributed by atoms with Crippen molar-refractivity contribution in [2.24, 2.45) is 22.7 Å². The average molecular weight is 407 g/mol. The van der Waals surface area contributed by atoms with Crippen molar-refractivity contribution in [2.45, 2.75) is 70.1 Å². The fourth-order valence-electron chi connectivity index (χ4n) is 7.18. The number of rotatable bonds is 1. The van der Waals surface area contributed by atoms with Crippen molar-refractivity contribution < 1.29 is 23.4 Å². The molecular weight excluding hydrogens is 376 g/mol. The van der Waals surface area contributed by atoms with Crippen molar-refractivity contribution in [3.63, 3.8) is 0 Å². The summed E-state index contributed by atoms with van der Waals surface area (Å²) >= 11 is 0. The molecule has 4 atom stereocenters. The molecule has 1 heterocycles. The number of sulfone groups is 1. The van der Waals surface area contributed by atoms with Gasteiger partial charge in [0.25, 0.3) is 0 Å². The number of carboxylic acid groups (broad SMARTS) is 1. The van der Waals surface area contributed by atoms with E-state index in [1.165, 1.54) is 12.1 Å². The molecule has 5 nitrogen and oxygen atoms in total. The van der Waals surface area contributed by atoms with Crippen LogP contribution in [0.5, 0.6) is 5.75 Å². The van der Waals surface area contributed by atoms with E-state index < -0.39 is 21.2 Å². The maximum Gasteiger partial charge on any atom is 0.335 e. The van der Waals surface area contributed by atoms with Crippen LogP contribution in [0.3, 0.4) is 0 Å². The molecule has 2 aliphatic carbocycles. The Morgan fingerprint density at radius 2 is 1.75 bits per heavy atom. The van der Waals surface area contributed by atoms with Crippen molar-refractivity contribution >= 4 is 15.8 Å². The summed E-state index contributed by atoms with van der Waals surface area (Å²) in [4.78, 5) is 11.4. The van der Waals surface area contributed by atoms with E-state index in [-0.39, 0.29) is 38.7 Å². The van der Waals surface area contributed by atoms with Crippen LogP contribution in [0.25, 0.3) is 0 Å². The quantitative estimate of drug-likeness (QED) is 0.722. The van der Waals surface area contributed by atoms with Gasteiger partial charge in [-0.25, -0.2) is 13.2 Å². The summed E-state index contributed by atoms with van der Waals surface area (Å²) in [6.45, 7) is 8.94. The molecule has 4 unspecified atom stereocenters. The maximum atomic E-state index is 13.3. The summed E-state index contributed by atoms with van der Waals surface area (Å²) in [5, 5.41) is 20.1. The number of phenolic OH excluding ortho intramolecular Hbond substituents is 1. The van der Waals surface area contributed by atoms with Gasteiger partial charge in [0, 0.05) is 11.0 Å².